The van der Waals surface area contributed by atoms with Crippen molar-refractivity contribution in [2.75, 3.05) is 49.1 Å². The molecule has 2 N–H and O–H groups in total. The number of anilines is 2. The van der Waals surface area contributed by atoms with Gasteiger partial charge in [0.05, 0.1) is 24.5 Å². The lowest BCUT2D eigenvalue weighted by Crippen LogP contribution is -2.56. The number of rotatable bonds is 19. The summed E-state index contributed by atoms with van der Waals surface area (Å²) in [4.78, 5) is 61.4. The van der Waals surface area contributed by atoms with Crippen LogP contribution in [-0.2, 0) is 28.7 Å². The lowest BCUT2D eigenvalue weighted by Gasteiger charge is -2.37. The van der Waals surface area contributed by atoms with Gasteiger partial charge in [-0.25, -0.2) is 0 Å². The molecule has 2 aromatic rings. The van der Waals surface area contributed by atoms with E-state index in [9.17, 15) is 24.3 Å². The van der Waals surface area contributed by atoms with E-state index in [0.717, 1.165) is 18.8 Å². The number of amides is 3. The first-order chi connectivity index (χ1) is 24.7. The monoisotopic (exact) mass is 700 g/mol. The van der Waals surface area contributed by atoms with E-state index >= 15 is 0 Å². The molecular weight excluding hydrogens is 648 g/mol. The van der Waals surface area contributed by atoms with Crippen LogP contribution in [-0.4, -0.2) is 90.8 Å². The number of carbonyl (C=O) groups is 4. The van der Waals surface area contributed by atoms with Gasteiger partial charge in [0.15, 0.2) is 0 Å². The van der Waals surface area contributed by atoms with Crippen molar-refractivity contribution >= 4 is 35.1 Å². The molecule has 11 heteroatoms. The zero-order valence-corrected chi connectivity index (χ0v) is 29.9. The van der Waals surface area contributed by atoms with Gasteiger partial charge in [-0.05, 0) is 75.8 Å². The summed E-state index contributed by atoms with van der Waals surface area (Å²) in [6.07, 6.45) is 4.59. The van der Waals surface area contributed by atoms with Gasteiger partial charge in [0, 0.05) is 50.6 Å². The number of ether oxygens (including phenoxy) is 2. The smallest absolute Gasteiger partial charge is 0.313 e. The van der Waals surface area contributed by atoms with Gasteiger partial charge < -0.3 is 34.6 Å². The molecule has 11 nitrogen and oxygen atoms in total. The first-order valence-electron chi connectivity index (χ1n) is 18.2. The molecule has 5 rings (SSSR count). The second-order valence-corrected chi connectivity index (χ2v) is 13.4. The highest BCUT2D eigenvalue weighted by Gasteiger charge is 2.75. The molecule has 2 aromatic carbocycles. The molecule has 1 spiro atoms. The van der Waals surface area contributed by atoms with Crippen molar-refractivity contribution in [3.8, 4) is 0 Å². The van der Waals surface area contributed by atoms with Crippen molar-refractivity contribution in [3.63, 3.8) is 0 Å². The molecule has 3 amide bonds. The van der Waals surface area contributed by atoms with Crippen LogP contribution in [0.5, 0.6) is 0 Å². The number of nitrogens with zero attached hydrogens (tertiary/aromatic N) is 3. The third-order valence-corrected chi connectivity index (χ3v) is 10.5. The van der Waals surface area contributed by atoms with Gasteiger partial charge in [-0.15, -0.1) is 13.2 Å². The fraction of sp³-hybridized carbons (Fsp3) is 0.500. The minimum Gasteiger partial charge on any atom is -0.455 e. The Bertz CT molecular complexity index is 1550. The molecule has 0 saturated carbocycles. The second kappa shape index (κ2) is 17.2. The number of hydrogen-bond acceptors (Lipinski definition) is 8. The van der Waals surface area contributed by atoms with Crippen LogP contribution in [0.1, 0.15) is 64.0 Å². The maximum Gasteiger partial charge on any atom is 0.313 e. The summed E-state index contributed by atoms with van der Waals surface area (Å²) in [5, 5.41) is 12.4. The van der Waals surface area contributed by atoms with Crippen LogP contribution in [0.25, 0.3) is 0 Å². The number of aliphatic hydroxyl groups is 1. The van der Waals surface area contributed by atoms with Crippen molar-refractivity contribution in [2.45, 2.75) is 76.2 Å². The highest BCUT2D eigenvalue weighted by Crippen LogP contribution is 2.59. The van der Waals surface area contributed by atoms with Gasteiger partial charge in [0.1, 0.15) is 17.7 Å². The highest BCUT2D eigenvalue weighted by molar-refractivity contribution is 6.04. The molecule has 3 heterocycles. The normalized spacial score (nSPS) is 23.7. The third-order valence-electron chi connectivity index (χ3n) is 10.5. The SMILES string of the molecule is C=CCCC(=O)NC[C@@H](OC(=O)[C@@H]1[C@@H]2CC[C@]3(O2)[C@H](C(=O)N(CC=C)c2ccc(N(CC)CC)cc2)N(CCCCO)C(=O)[C@@H]13)c1ccccc1. The number of aliphatic hydroxyl groups excluding tert-OH is 1. The number of esters is 1. The second-order valence-electron chi connectivity index (χ2n) is 13.4. The predicted molar refractivity (Wildman–Crippen MR) is 196 cm³/mol. The molecule has 3 fully saturated rings. The quantitative estimate of drug-likeness (QED) is 0.124. The van der Waals surface area contributed by atoms with E-state index in [1.807, 2.05) is 54.6 Å². The predicted octanol–water partition coefficient (Wildman–Crippen LogP) is 4.57. The van der Waals surface area contributed by atoms with Gasteiger partial charge in [-0.3, -0.25) is 19.2 Å². The largest absolute Gasteiger partial charge is 0.455 e. The number of nitrogens with one attached hydrogen (secondary N) is 1. The van der Waals surface area contributed by atoms with Crippen molar-refractivity contribution in [1.29, 1.82) is 0 Å². The Kier molecular flexibility index (Phi) is 12.7. The van der Waals surface area contributed by atoms with E-state index in [4.69, 9.17) is 9.47 Å². The Labute approximate surface area is 301 Å². The standard InChI is InChI=1S/C40H52N4O7/c1-5-9-17-33(46)41-27-32(28-15-11-10-12-16-28)50-39(49)34-31-22-23-40(51-31)35(34)37(47)44(25-13-14-26-45)36(40)38(48)43(24-6-2)30-20-18-29(19-21-30)42(7-3)8-4/h5-6,10-12,15-16,18-21,31-32,34-36,45H,1-2,7-9,13-14,17,22-27H2,3-4H3,(H,41,46)/t31-,32+,34+,35+,36-,40+/m0/s1. The minimum atomic E-state index is -1.22. The van der Waals surface area contributed by atoms with Crippen molar-refractivity contribution in [1.82, 2.24) is 10.2 Å². The maximum atomic E-state index is 14.8. The van der Waals surface area contributed by atoms with E-state index in [0.29, 0.717) is 43.4 Å². The molecule has 0 radical (unpaired) electrons. The molecule has 3 saturated heterocycles. The summed E-state index contributed by atoms with van der Waals surface area (Å²) in [6.45, 7) is 13.9. The van der Waals surface area contributed by atoms with E-state index in [-0.39, 0.29) is 50.4 Å². The molecular formula is C40H52N4O7. The number of benzene rings is 2. The zero-order chi connectivity index (χ0) is 36.5. The van der Waals surface area contributed by atoms with Crippen LogP contribution >= 0.6 is 0 Å². The number of likely N-dealkylation sites (tertiary alicyclic amines) is 1. The minimum absolute atomic E-state index is 0.0464. The maximum absolute atomic E-state index is 14.8. The lowest BCUT2D eigenvalue weighted by molar-refractivity contribution is -0.160. The Morgan fingerprint density at radius 3 is 2.41 bits per heavy atom. The van der Waals surface area contributed by atoms with Crippen LogP contribution in [0.3, 0.4) is 0 Å². The first-order valence-corrected chi connectivity index (χ1v) is 18.2. The molecule has 3 aliphatic rings. The van der Waals surface area contributed by atoms with Gasteiger partial charge in [0.2, 0.25) is 11.8 Å². The molecule has 3 aliphatic heterocycles. The first kappa shape index (κ1) is 37.8. The summed E-state index contributed by atoms with van der Waals surface area (Å²) in [5.41, 5.74) is 1.20. The highest BCUT2D eigenvalue weighted by atomic mass is 16.6. The van der Waals surface area contributed by atoms with E-state index in [1.54, 1.807) is 22.0 Å². The average molecular weight is 701 g/mol. The molecule has 274 valence electrons. The van der Waals surface area contributed by atoms with Crippen molar-refractivity contribution in [3.05, 3.63) is 85.5 Å². The van der Waals surface area contributed by atoms with Crippen LogP contribution in [0.15, 0.2) is 79.9 Å². The summed E-state index contributed by atoms with van der Waals surface area (Å²) in [5.74, 6) is -3.24. The Balaban J connectivity index is 1.44. The fourth-order valence-corrected chi connectivity index (χ4v) is 8.01. The molecule has 0 aliphatic carbocycles. The van der Waals surface area contributed by atoms with Crippen LogP contribution in [0.2, 0.25) is 0 Å². The molecule has 0 aromatic heterocycles. The number of fused-ring (bicyclic) bond motifs is 1. The molecule has 51 heavy (non-hydrogen) atoms. The van der Waals surface area contributed by atoms with Gasteiger partial charge in [-0.2, -0.15) is 0 Å². The topological polar surface area (TPSA) is 129 Å². The van der Waals surface area contributed by atoms with Gasteiger partial charge in [0.25, 0.3) is 5.91 Å². The Hall–Kier alpha value is -4.48. The zero-order valence-electron chi connectivity index (χ0n) is 29.9. The van der Waals surface area contributed by atoms with E-state index in [1.165, 1.54) is 0 Å². The van der Waals surface area contributed by atoms with E-state index in [2.05, 4.69) is 37.2 Å². The van der Waals surface area contributed by atoms with Crippen molar-refractivity contribution in [2.24, 2.45) is 11.8 Å². The summed E-state index contributed by atoms with van der Waals surface area (Å²) >= 11 is 0. The average Bonchev–Trinajstić information content (AvgIpc) is 3.79. The van der Waals surface area contributed by atoms with Gasteiger partial charge in [-0.1, -0.05) is 42.5 Å². The summed E-state index contributed by atoms with van der Waals surface area (Å²) < 4.78 is 12.8. The Morgan fingerprint density at radius 2 is 1.76 bits per heavy atom. The number of unbranched alkanes of at least 4 members (excludes halogenated alkanes) is 1. The van der Waals surface area contributed by atoms with Crippen LogP contribution < -0.4 is 15.1 Å². The van der Waals surface area contributed by atoms with Crippen molar-refractivity contribution < 1.29 is 33.8 Å². The lowest BCUT2D eigenvalue weighted by atomic mass is 9.70. The Morgan fingerprint density at radius 1 is 1.06 bits per heavy atom. The van der Waals surface area contributed by atoms with Crippen LogP contribution in [0.4, 0.5) is 11.4 Å². The van der Waals surface area contributed by atoms with E-state index < -0.39 is 41.7 Å². The number of allylic oxidation sites excluding steroid dienone is 1. The fourth-order valence-electron chi connectivity index (χ4n) is 8.01. The summed E-state index contributed by atoms with van der Waals surface area (Å²) in [7, 11) is 0. The van der Waals surface area contributed by atoms with Gasteiger partial charge >= 0.3 is 5.97 Å². The number of hydrogen-bond donors (Lipinski definition) is 2. The molecule has 2 bridgehead atoms. The summed E-state index contributed by atoms with van der Waals surface area (Å²) in [6, 6.07) is 16.0. The number of carbonyl (C=O) groups excluding carboxylic acids is 4. The molecule has 0 unspecified atom stereocenters. The third kappa shape index (κ3) is 7.74. The molecule has 6 atom stereocenters. The van der Waals surface area contributed by atoms with Crippen LogP contribution in [0, 0.1) is 11.8 Å².